The average molecular weight is 868 g/mol. The average Bonchev–Trinajstić information content (AvgIpc) is 3.94. The van der Waals surface area contributed by atoms with Crippen molar-refractivity contribution >= 4 is 40.6 Å². The van der Waals surface area contributed by atoms with Crippen molar-refractivity contribution in [2.75, 3.05) is 36.4 Å². The van der Waals surface area contributed by atoms with E-state index in [2.05, 4.69) is 15.3 Å². The zero-order valence-electron chi connectivity index (χ0n) is 34.2. The van der Waals surface area contributed by atoms with Gasteiger partial charge in [-0.2, -0.15) is 22.7 Å². The Morgan fingerprint density at radius 3 is 2.50 bits per heavy atom. The smallest absolute Gasteiger partial charge is 0.416 e. The van der Waals surface area contributed by atoms with Gasteiger partial charge in [0, 0.05) is 37.7 Å². The number of rotatable bonds is 8. The summed E-state index contributed by atoms with van der Waals surface area (Å²) in [5.74, 6) is -0.578. The van der Waals surface area contributed by atoms with Crippen LogP contribution < -0.4 is 20.5 Å². The molecule has 9 rings (SSSR count). The van der Waals surface area contributed by atoms with Gasteiger partial charge in [0.15, 0.2) is 17.3 Å². The van der Waals surface area contributed by atoms with E-state index < -0.39 is 34.8 Å². The maximum Gasteiger partial charge on any atom is 0.416 e. The first-order valence-electron chi connectivity index (χ1n) is 20.1. The molecule has 320 valence electrons. The highest BCUT2D eigenvalue weighted by molar-refractivity contribution is 6.33. The fourth-order valence-corrected chi connectivity index (χ4v) is 8.81. The number of benzene rings is 3. The molecule has 1 saturated heterocycles. The third-order valence-corrected chi connectivity index (χ3v) is 12.1. The summed E-state index contributed by atoms with van der Waals surface area (Å²) in [6.07, 6.45) is -3.06. The summed E-state index contributed by atoms with van der Waals surface area (Å²) in [6.45, 7) is 9.23. The Kier molecular flexibility index (Phi) is 10.3. The highest BCUT2D eigenvalue weighted by atomic mass is 35.5. The van der Waals surface area contributed by atoms with Crippen molar-refractivity contribution < 1.29 is 32.2 Å². The van der Waals surface area contributed by atoms with Crippen molar-refractivity contribution in [3.63, 3.8) is 0 Å². The lowest BCUT2D eigenvalue weighted by Crippen LogP contribution is -2.51. The summed E-state index contributed by atoms with van der Waals surface area (Å²) in [6, 6.07) is 17.1. The molecule has 18 heteroatoms. The molecule has 2 atom stereocenters. The molecule has 3 aliphatic rings. The molecule has 0 saturated carbocycles. The number of nitrogens with one attached hydrogen (secondary N) is 1. The molecule has 0 aliphatic carbocycles. The van der Waals surface area contributed by atoms with Crippen LogP contribution >= 0.6 is 11.6 Å². The van der Waals surface area contributed by atoms with Crippen LogP contribution in [-0.4, -0.2) is 72.0 Å². The summed E-state index contributed by atoms with van der Waals surface area (Å²) >= 11 is 6.27. The van der Waals surface area contributed by atoms with Crippen LogP contribution in [-0.2, 0) is 34.5 Å². The van der Waals surface area contributed by atoms with E-state index in [0.717, 1.165) is 34.9 Å². The molecule has 3 aliphatic heterocycles. The maximum absolute atomic E-state index is 14.7. The second kappa shape index (κ2) is 15.5. The molecule has 1 fully saturated rings. The molecule has 3 aromatic carbocycles. The van der Waals surface area contributed by atoms with E-state index in [4.69, 9.17) is 31.2 Å². The molecule has 6 heterocycles. The van der Waals surface area contributed by atoms with E-state index in [1.807, 2.05) is 74.2 Å². The first kappa shape index (κ1) is 41.0. The lowest BCUT2D eigenvalue weighted by Gasteiger charge is -2.36. The zero-order valence-corrected chi connectivity index (χ0v) is 34.9. The van der Waals surface area contributed by atoms with Crippen LogP contribution in [0.3, 0.4) is 0 Å². The van der Waals surface area contributed by atoms with Crippen LogP contribution in [0.4, 0.5) is 24.5 Å². The van der Waals surface area contributed by atoms with E-state index >= 15 is 0 Å². The van der Waals surface area contributed by atoms with Gasteiger partial charge in [-0.1, -0.05) is 61.0 Å². The van der Waals surface area contributed by atoms with Gasteiger partial charge in [-0.25, -0.2) is 9.97 Å². The van der Waals surface area contributed by atoms with Gasteiger partial charge in [-0.05, 0) is 68.1 Å². The lowest BCUT2D eigenvalue weighted by atomic mass is 9.94. The Balaban J connectivity index is 1.06. The second-order valence-corrected chi connectivity index (χ2v) is 16.7. The monoisotopic (exact) mass is 867 g/mol. The molecular formula is C44H41ClF3N9O5. The maximum atomic E-state index is 14.7. The minimum Gasteiger partial charge on any atom is -0.485 e. The summed E-state index contributed by atoms with van der Waals surface area (Å²) in [5, 5.41) is 7.16. The Hall–Kier alpha value is -6.33. The summed E-state index contributed by atoms with van der Waals surface area (Å²) < 4.78 is 55.3. The Labute approximate surface area is 358 Å². The summed E-state index contributed by atoms with van der Waals surface area (Å²) in [5.41, 5.74) is 3.20. The highest BCUT2D eigenvalue weighted by Crippen LogP contribution is 2.43. The van der Waals surface area contributed by atoms with Crippen LogP contribution in [0.2, 0.25) is 5.02 Å². The first-order chi connectivity index (χ1) is 29.6. The number of piperazine rings is 1. The van der Waals surface area contributed by atoms with Gasteiger partial charge in [0.25, 0.3) is 11.5 Å². The van der Waals surface area contributed by atoms with Gasteiger partial charge in [0.2, 0.25) is 11.7 Å². The molecular weight excluding hydrogens is 827 g/mol. The quantitative estimate of drug-likeness (QED) is 0.165. The number of ether oxygens (including phenoxy) is 2. The highest BCUT2D eigenvalue weighted by Gasteiger charge is 2.41. The summed E-state index contributed by atoms with van der Waals surface area (Å²) in [4.78, 5) is 60.0. The van der Waals surface area contributed by atoms with Crippen molar-refractivity contribution in [2.45, 2.75) is 71.1 Å². The lowest BCUT2D eigenvalue weighted by molar-refractivity contribution is -0.137. The van der Waals surface area contributed by atoms with Crippen LogP contribution in [0.25, 0.3) is 17.2 Å². The number of amides is 2. The molecule has 62 heavy (non-hydrogen) atoms. The minimum atomic E-state index is -4.62. The van der Waals surface area contributed by atoms with Gasteiger partial charge in [0.1, 0.15) is 24.7 Å². The van der Waals surface area contributed by atoms with E-state index in [9.17, 15) is 27.6 Å². The standard InChI is InChI=1S/C44H41ClF3N9O5/c1-24-18-33(39(58)51-32-13-11-29(20-31(32)45)44(46,47)48)56-35(24)36(41(60)57-42(56)52-38(53-57)27-10-12-30-28(19-27)22-62-43(30,3)4)54-14-16-55(17-15-54)40(59)34-37(25(2)49-23-50-34)61-21-26-8-6-5-7-9-26/h5-13,19-20,23-24,33H,14-18,21-22H2,1-4H3,(H,51,58)/t24-,33+/m1/s1. The number of halogens is 4. The fraction of sp³-hybridized carbons (Fsp3) is 0.341. The second-order valence-electron chi connectivity index (χ2n) is 16.3. The van der Waals surface area contributed by atoms with E-state index in [1.165, 1.54) is 10.8 Å². The summed E-state index contributed by atoms with van der Waals surface area (Å²) in [7, 11) is 0. The third kappa shape index (κ3) is 7.31. The number of carbonyl (C=O) groups excluding carboxylic acids is 2. The van der Waals surface area contributed by atoms with E-state index in [1.54, 1.807) is 16.4 Å². The van der Waals surface area contributed by atoms with Gasteiger partial charge in [-0.15, -0.1) is 5.10 Å². The number of nitrogens with zero attached hydrogens (tertiary/aromatic N) is 8. The minimum absolute atomic E-state index is 0.00166. The Bertz CT molecular complexity index is 2820. The van der Waals surface area contributed by atoms with Gasteiger partial charge in [-0.3, -0.25) is 19.0 Å². The molecule has 0 radical (unpaired) electrons. The number of hydrogen-bond donors (Lipinski definition) is 1. The third-order valence-electron chi connectivity index (χ3n) is 11.8. The molecule has 1 N–H and O–H groups in total. The molecule has 3 aromatic heterocycles. The van der Waals surface area contributed by atoms with Gasteiger partial charge < -0.3 is 24.6 Å². The Morgan fingerprint density at radius 2 is 1.77 bits per heavy atom. The molecule has 0 bridgehead atoms. The van der Waals surface area contributed by atoms with Crippen molar-refractivity contribution in [1.29, 1.82) is 0 Å². The molecule has 6 aromatic rings. The molecule has 2 amide bonds. The van der Waals surface area contributed by atoms with Crippen LogP contribution in [0, 0.1) is 6.92 Å². The van der Waals surface area contributed by atoms with Crippen molar-refractivity contribution in [1.82, 2.24) is 34.0 Å². The molecule has 0 spiro atoms. The van der Waals surface area contributed by atoms with E-state index in [0.29, 0.717) is 35.0 Å². The fourth-order valence-electron chi connectivity index (χ4n) is 8.59. The number of carbonyl (C=O) groups is 2. The normalized spacial score (nSPS) is 18.2. The number of aryl methyl sites for hydroxylation is 1. The topological polar surface area (TPSA) is 149 Å². The predicted octanol–water partition coefficient (Wildman–Crippen LogP) is 7.32. The molecule has 14 nitrogen and oxygen atoms in total. The zero-order chi connectivity index (χ0) is 43.7. The van der Waals surface area contributed by atoms with Gasteiger partial charge in [0.05, 0.1) is 39.9 Å². The van der Waals surface area contributed by atoms with Crippen LogP contribution in [0.1, 0.15) is 83.3 Å². The van der Waals surface area contributed by atoms with Crippen LogP contribution in [0.5, 0.6) is 5.75 Å². The largest absolute Gasteiger partial charge is 0.485 e. The number of hydrogen-bond acceptors (Lipinski definition) is 10. The Morgan fingerprint density at radius 1 is 1.02 bits per heavy atom. The predicted molar refractivity (Wildman–Crippen MR) is 223 cm³/mol. The van der Waals surface area contributed by atoms with Crippen molar-refractivity contribution in [3.05, 3.63) is 128 Å². The van der Waals surface area contributed by atoms with Crippen molar-refractivity contribution in [3.8, 4) is 17.1 Å². The number of anilines is 2. The number of alkyl halides is 3. The van der Waals surface area contributed by atoms with Crippen molar-refractivity contribution in [2.24, 2.45) is 0 Å². The number of fused-ring (bicyclic) bond motifs is 4. The first-order valence-corrected chi connectivity index (χ1v) is 20.5. The van der Waals surface area contributed by atoms with Crippen LogP contribution in [0.15, 0.2) is 77.9 Å². The SMILES string of the molecule is Cc1ncnc(C(=O)N2CCN(c3c4n(c5nc(-c6ccc7c(c6)COC7(C)C)nn5c3=O)[C@H](C(=O)Nc3ccc(C(F)(F)F)cc3Cl)C[C@H]4C)CC2)c1OCc1ccccc1. The van der Waals surface area contributed by atoms with E-state index in [-0.39, 0.29) is 79.0 Å². The van der Waals surface area contributed by atoms with Gasteiger partial charge >= 0.3 is 6.18 Å². The molecule has 0 unspecified atom stereocenters. The number of aromatic nitrogens is 6.